The van der Waals surface area contributed by atoms with Gasteiger partial charge in [0, 0.05) is 12.1 Å². The van der Waals surface area contributed by atoms with Crippen molar-refractivity contribution in [3.05, 3.63) is 0 Å². The third-order valence-corrected chi connectivity index (χ3v) is 3.57. The molecule has 0 unspecified atom stereocenters. The molecular formula is C12H23N. The van der Waals surface area contributed by atoms with E-state index in [1.54, 1.807) is 0 Å². The normalized spacial score (nSPS) is 29.2. The van der Waals surface area contributed by atoms with Crippen LogP contribution in [-0.2, 0) is 0 Å². The summed E-state index contributed by atoms with van der Waals surface area (Å²) in [6.45, 7) is 0. The van der Waals surface area contributed by atoms with Crippen molar-refractivity contribution in [1.82, 2.24) is 5.31 Å². The highest BCUT2D eigenvalue weighted by molar-refractivity contribution is 4.79. The lowest BCUT2D eigenvalue weighted by molar-refractivity contribution is 0.291. The Hall–Kier alpha value is -0.0400. The van der Waals surface area contributed by atoms with Crippen LogP contribution in [0.3, 0.4) is 0 Å². The molecule has 0 saturated heterocycles. The third-order valence-electron chi connectivity index (χ3n) is 3.57. The second-order valence-electron chi connectivity index (χ2n) is 4.73. The molecule has 2 rings (SSSR count). The Kier molecular flexibility index (Phi) is 3.18. The second-order valence-corrected chi connectivity index (χ2v) is 4.73. The maximum Gasteiger partial charge on any atom is 0.123 e. The Morgan fingerprint density at radius 1 is 0.692 bits per heavy atom. The molecule has 1 heteroatoms. The van der Waals surface area contributed by atoms with E-state index in [-0.39, 0.29) is 0 Å². The van der Waals surface area contributed by atoms with Crippen LogP contribution < -0.4 is 5.31 Å². The van der Waals surface area contributed by atoms with Crippen LogP contribution in [0.4, 0.5) is 0 Å². The molecule has 1 N–H and O–H groups in total. The molecule has 2 aliphatic carbocycles. The zero-order chi connectivity index (χ0) is 9.80. The van der Waals surface area contributed by atoms with Crippen molar-refractivity contribution in [3.8, 4) is 0 Å². The molecule has 0 amide bonds. The lowest BCUT2D eigenvalue weighted by atomic mass is 9.91. The van der Waals surface area contributed by atoms with E-state index in [0.29, 0.717) is 12.1 Å². The molecule has 13 heavy (non-hydrogen) atoms. The molecule has 2 aliphatic rings. The van der Waals surface area contributed by atoms with Gasteiger partial charge >= 0.3 is 0 Å². The molecular weight excluding hydrogens is 158 g/mol. The summed E-state index contributed by atoms with van der Waals surface area (Å²) in [6, 6.07) is 1.18. The number of nitrogens with one attached hydrogen (secondary N) is 1. The Bertz CT molecular complexity index is 142. The summed E-state index contributed by atoms with van der Waals surface area (Å²) < 4.78 is 8.19. The minimum absolute atomic E-state index is 0.590. The number of hydrogen-bond donors (Lipinski definition) is 1. The van der Waals surface area contributed by atoms with E-state index in [4.69, 9.17) is 1.41 Å². The largest absolute Gasteiger partial charge is 0.311 e. The van der Waals surface area contributed by atoms with Crippen molar-refractivity contribution in [3.63, 3.8) is 0 Å². The summed E-state index contributed by atoms with van der Waals surface area (Å²) in [4.78, 5) is 0. The molecule has 2 saturated carbocycles. The van der Waals surface area contributed by atoms with Crippen LogP contribution in [0.2, 0.25) is 1.41 Å². The van der Waals surface area contributed by atoms with Gasteiger partial charge in [-0.1, -0.05) is 38.5 Å². The Balaban J connectivity index is 1.82. The van der Waals surface area contributed by atoms with Crippen LogP contribution in [0.25, 0.3) is 0 Å². The van der Waals surface area contributed by atoms with Gasteiger partial charge in [-0.05, 0) is 25.7 Å². The molecule has 0 atom stereocenters. The number of rotatable bonds is 2. The minimum atomic E-state index is 0.590. The molecule has 0 heterocycles. The van der Waals surface area contributed by atoms with Crippen LogP contribution in [-0.4, -0.2) is 12.1 Å². The fraction of sp³-hybridized carbons (Fsp3) is 1.00. The van der Waals surface area contributed by atoms with E-state index < -0.39 is 0 Å². The minimum Gasteiger partial charge on any atom is -0.311 e. The van der Waals surface area contributed by atoms with Crippen LogP contribution in [0, 0.1) is 0 Å². The fourth-order valence-electron chi connectivity index (χ4n) is 2.76. The van der Waals surface area contributed by atoms with Gasteiger partial charge in [0.15, 0.2) is 0 Å². The van der Waals surface area contributed by atoms with Crippen LogP contribution in [0.5, 0.6) is 0 Å². The third kappa shape index (κ3) is 2.98. The molecule has 0 aromatic heterocycles. The van der Waals surface area contributed by atoms with Crippen molar-refractivity contribution >= 4 is 0 Å². The molecule has 0 spiro atoms. The molecule has 0 aromatic carbocycles. The quantitative estimate of drug-likeness (QED) is 0.693. The van der Waals surface area contributed by atoms with E-state index in [0.717, 1.165) is 0 Å². The maximum absolute atomic E-state index is 8.19. The predicted molar refractivity (Wildman–Crippen MR) is 56.9 cm³/mol. The SMILES string of the molecule is [3H]N(C1CCCCC1)C1CCCCC1. The van der Waals surface area contributed by atoms with Gasteiger partial charge in [-0.3, -0.25) is 0 Å². The molecule has 0 aliphatic heterocycles. The van der Waals surface area contributed by atoms with E-state index in [1.807, 2.05) is 5.31 Å². The van der Waals surface area contributed by atoms with Gasteiger partial charge < -0.3 is 5.31 Å². The standard InChI is InChI=1S/C12H23N/c1-3-7-11(8-4-1)13-12-9-5-2-6-10-12/h11-13H,1-10H2/i/hT. The van der Waals surface area contributed by atoms with E-state index in [2.05, 4.69) is 0 Å². The van der Waals surface area contributed by atoms with E-state index in [1.165, 1.54) is 64.2 Å². The first-order chi connectivity index (χ1) is 6.88. The molecule has 76 valence electrons. The Morgan fingerprint density at radius 2 is 1.08 bits per heavy atom. The summed E-state index contributed by atoms with van der Waals surface area (Å²) in [5, 5.41) is 1.97. The molecule has 2 fully saturated rings. The highest BCUT2D eigenvalue weighted by Gasteiger charge is 2.19. The summed E-state index contributed by atoms with van der Waals surface area (Å²) in [6.07, 6.45) is 13.3. The maximum atomic E-state index is 8.19. The first-order valence-electron chi connectivity index (χ1n) is 6.60. The number of hydrogen-bond acceptors (Lipinski definition) is 1. The van der Waals surface area contributed by atoms with Gasteiger partial charge in [0.1, 0.15) is 1.41 Å². The van der Waals surface area contributed by atoms with Crippen LogP contribution in [0.15, 0.2) is 0 Å². The van der Waals surface area contributed by atoms with Crippen molar-refractivity contribution < 1.29 is 1.41 Å². The average molecular weight is 183 g/mol. The zero-order valence-corrected chi connectivity index (χ0v) is 8.67. The second kappa shape index (κ2) is 4.99. The van der Waals surface area contributed by atoms with Gasteiger partial charge in [0.25, 0.3) is 0 Å². The first kappa shape index (κ1) is 8.28. The van der Waals surface area contributed by atoms with Crippen molar-refractivity contribution in [2.45, 2.75) is 76.3 Å². The topological polar surface area (TPSA) is 12.0 Å². The van der Waals surface area contributed by atoms with E-state index >= 15 is 0 Å². The van der Waals surface area contributed by atoms with Crippen LogP contribution in [0.1, 0.15) is 64.2 Å². The lowest BCUT2D eigenvalue weighted by Crippen LogP contribution is -2.40. The van der Waals surface area contributed by atoms with Crippen LogP contribution >= 0.6 is 0 Å². The summed E-state index contributed by atoms with van der Waals surface area (Å²) in [5.74, 6) is 0. The first-order valence-corrected chi connectivity index (χ1v) is 6.15. The van der Waals surface area contributed by atoms with Gasteiger partial charge in [-0.15, -0.1) is 0 Å². The van der Waals surface area contributed by atoms with Gasteiger partial charge in [0.05, 0.1) is 0 Å². The fourth-order valence-corrected chi connectivity index (χ4v) is 2.76. The van der Waals surface area contributed by atoms with Crippen molar-refractivity contribution in [2.75, 3.05) is 0 Å². The predicted octanol–water partition coefficient (Wildman–Crippen LogP) is 3.24. The molecule has 0 radical (unpaired) electrons. The van der Waals surface area contributed by atoms with Crippen molar-refractivity contribution in [1.29, 1.82) is 0 Å². The highest BCUT2D eigenvalue weighted by atomic mass is 14.9. The Morgan fingerprint density at radius 3 is 1.46 bits per heavy atom. The monoisotopic (exact) mass is 183 g/mol. The Labute approximate surface area is 83.8 Å². The lowest BCUT2D eigenvalue weighted by Gasteiger charge is -2.30. The molecule has 0 aromatic rings. The van der Waals surface area contributed by atoms with E-state index in [9.17, 15) is 0 Å². The van der Waals surface area contributed by atoms with Gasteiger partial charge in [0.2, 0.25) is 0 Å². The average Bonchev–Trinajstić information content (AvgIpc) is 2.30. The molecule has 0 bridgehead atoms. The zero-order valence-electron chi connectivity index (χ0n) is 9.67. The smallest absolute Gasteiger partial charge is 0.123 e. The van der Waals surface area contributed by atoms with Gasteiger partial charge in [-0.25, -0.2) is 0 Å². The highest BCUT2D eigenvalue weighted by Crippen LogP contribution is 2.22. The summed E-state index contributed by atoms with van der Waals surface area (Å²) >= 11 is 0. The molecule has 1 nitrogen and oxygen atoms in total. The van der Waals surface area contributed by atoms with Gasteiger partial charge in [-0.2, -0.15) is 0 Å². The summed E-state index contributed by atoms with van der Waals surface area (Å²) in [7, 11) is 0. The van der Waals surface area contributed by atoms with Crippen molar-refractivity contribution in [2.24, 2.45) is 0 Å². The summed E-state index contributed by atoms with van der Waals surface area (Å²) in [5.41, 5.74) is 0.